The Morgan fingerprint density at radius 2 is 1.70 bits per heavy atom. The van der Waals surface area contributed by atoms with Crippen molar-refractivity contribution < 1.29 is 38.6 Å². The van der Waals surface area contributed by atoms with Crippen molar-refractivity contribution in [1.29, 1.82) is 0 Å². The van der Waals surface area contributed by atoms with Gasteiger partial charge in [0.1, 0.15) is 17.5 Å². The molecule has 4 rings (SSSR count). The van der Waals surface area contributed by atoms with Gasteiger partial charge in [-0.2, -0.15) is 0 Å². The molecule has 2 saturated carbocycles. The van der Waals surface area contributed by atoms with Crippen LogP contribution >= 0.6 is 0 Å². The summed E-state index contributed by atoms with van der Waals surface area (Å²) in [7, 11) is 0. The zero-order valence-electron chi connectivity index (χ0n) is 21.8. The summed E-state index contributed by atoms with van der Waals surface area (Å²) < 4.78 is 5.23. The molecule has 0 saturated heterocycles. The van der Waals surface area contributed by atoms with E-state index in [1.54, 1.807) is 6.07 Å². The fourth-order valence-electron chi connectivity index (χ4n) is 6.10. The molecule has 37 heavy (non-hydrogen) atoms. The van der Waals surface area contributed by atoms with Gasteiger partial charge < -0.3 is 9.84 Å². The van der Waals surface area contributed by atoms with E-state index in [9.17, 15) is 33.9 Å². The normalized spacial score (nSPS) is 27.2. The number of aromatic hydroxyl groups is 1. The molecule has 0 aliphatic heterocycles. The molecule has 198 valence electrons. The Kier molecular flexibility index (Phi) is 6.86. The van der Waals surface area contributed by atoms with Gasteiger partial charge in [-0.05, 0) is 60.6 Å². The summed E-state index contributed by atoms with van der Waals surface area (Å²) in [6, 6.07) is 1.61. The Bertz CT molecular complexity index is 1220. The van der Waals surface area contributed by atoms with E-state index in [1.807, 2.05) is 27.7 Å². The van der Waals surface area contributed by atoms with E-state index >= 15 is 0 Å². The smallest absolute Gasteiger partial charge is 0.411 e. The Morgan fingerprint density at radius 3 is 2.30 bits per heavy atom. The molecule has 5 atom stereocenters. The van der Waals surface area contributed by atoms with Crippen LogP contribution in [0.3, 0.4) is 0 Å². The number of hydrogen-bond donors (Lipinski definition) is 2. The number of nitrogens with one attached hydrogen (secondary N) is 1. The van der Waals surface area contributed by atoms with Gasteiger partial charge in [-0.25, -0.2) is 4.79 Å². The number of amides is 1. The summed E-state index contributed by atoms with van der Waals surface area (Å²) >= 11 is 0. The molecule has 3 aliphatic carbocycles. The first-order valence-electron chi connectivity index (χ1n) is 12.7. The zero-order valence-corrected chi connectivity index (χ0v) is 21.8. The second-order valence-electron chi connectivity index (χ2n) is 11.7. The quantitative estimate of drug-likeness (QED) is 0.462. The Balaban J connectivity index is 1.69. The number of aryl methyl sites for hydroxylation is 1. The second-order valence-corrected chi connectivity index (χ2v) is 11.7. The number of phenolic OH excluding ortho intramolecular Hbond substituents is 1. The number of carbonyl (C=O) groups is 6. The van der Waals surface area contributed by atoms with Crippen LogP contribution in [0.2, 0.25) is 0 Å². The molecule has 2 fully saturated rings. The van der Waals surface area contributed by atoms with Gasteiger partial charge in [0, 0.05) is 6.42 Å². The first-order chi connectivity index (χ1) is 17.2. The molecule has 0 spiro atoms. The molecule has 1 aromatic carbocycles. The number of ketones is 5. The molecule has 0 aromatic heterocycles. The first kappa shape index (κ1) is 26.7. The molecule has 1 amide bonds. The minimum absolute atomic E-state index is 0.0124. The van der Waals surface area contributed by atoms with Crippen LogP contribution in [0.1, 0.15) is 68.9 Å². The fourth-order valence-corrected chi connectivity index (χ4v) is 6.10. The van der Waals surface area contributed by atoms with Gasteiger partial charge in [-0.3, -0.25) is 29.3 Å². The van der Waals surface area contributed by atoms with E-state index in [1.165, 1.54) is 0 Å². The number of phenols is 1. The Morgan fingerprint density at radius 1 is 1.05 bits per heavy atom. The molecule has 0 radical (unpaired) electrons. The molecular weight excluding hydrogens is 478 g/mol. The number of carbonyl (C=O) groups excluding carboxylic acids is 6. The zero-order chi connectivity index (χ0) is 27.4. The maximum absolute atomic E-state index is 13.7. The number of Topliss-reactive ketones (excluding diaryl/α,β-unsaturated/α-hetero) is 5. The number of fused-ring (bicyclic) bond motifs is 3. The highest BCUT2D eigenvalue weighted by Crippen LogP contribution is 2.49. The van der Waals surface area contributed by atoms with Gasteiger partial charge in [0.25, 0.3) is 0 Å². The van der Waals surface area contributed by atoms with Crippen LogP contribution < -0.4 is 5.32 Å². The Labute approximate surface area is 215 Å². The first-order valence-corrected chi connectivity index (χ1v) is 12.7. The number of benzene rings is 1. The van der Waals surface area contributed by atoms with Crippen molar-refractivity contribution in [3.05, 3.63) is 22.8 Å². The van der Waals surface area contributed by atoms with Crippen molar-refractivity contribution >= 4 is 40.7 Å². The number of rotatable bonds is 4. The maximum atomic E-state index is 13.7. The molecule has 5 unspecified atom stereocenters. The van der Waals surface area contributed by atoms with Crippen molar-refractivity contribution in [2.45, 2.75) is 60.3 Å². The number of ether oxygens (including phenoxy) is 1. The molecule has 9 heteroatoms. The third-order valence-corrected chi connectivity index (χ3v) is 7.69. The highest BCUT2D eigenvalue weighted by atomic mass is 16.5. The standard InChI is InChI=1S/C28H33NO8/c1-6-13-9-17(29-27(36)37-11-28(3,4)5)23(32)22-16(13)8-14-7-15-10-18(31)19(12(2)30)24(33)21(15)25(34)20(14)26(22)35/h9,14-15,19-21,32H,6-8,10-11H2,1-5H3,(H,29,36). The lowest BCUT2D eigenvalue weighted by molar-refractivity contribution is -0.152. The van der Waals surface area contributed by atoms with Gasteiger partial charge in [-0.15, -0.1) is 0 Å². The van der Waals surface area contributed by atoms with Gasteiger partial charge in [-0.1, -0.05) is 27.7 Å². The van der Waals surface area contributed by atoms with Crippen LogP contribution in [-0.4, -0.2) is 46.7 Å². The highest BCUT2D eigenvalue weighted by molar-refractivity contribution is 6.28. The summed E-state index contributed by atoms with van der Waals surface area (Å²) in [6.45, 7) is 8.88. The van der Waals surface area contributed by atoms with Gasteiger partial charge in [0.05, 0.1) is 29.7 Å². The summed E-state index contributed by atoms with van der Waals surface area (Å²) in [6.07, 6.45) is 0.346. The van der Waals surface area contributed by atoms with E-state index in [2.05, 4.69) is 5.32 Å². The van der Waals surface area contributed by atoms with E-state index < -0.39 is 70.3 Å². The fraction of sp³-hybridized carbons (Fsp3) is 0.571. The number of anilines is 1. The average Bonchev–Trinajstić information content (AvgIpc) is 2.78. The largest absolute Gasteiger partial charge is 0.505 e. The Hall–Kier alpha value is -3.36. The minimum Gasteiger partial charge on any atom is -0.505 e. The number of hydrogen-bond acceptors (Lipinski definition) is 8. The van der Waals surface area contributed by atoms with Gasteiger partial charge in [0.15, 0.2) is 23.1 Å². The monoisotopic (exact) mass is 511 g/mol. The summed E-state index contributed by atoms with van der Waals surface area (Å²) in [5.41, 5.74) is 1.07. The van der Waals surface area contributed by atoms with Crippen LogP contribution in [0, 0.1) is 35.0 Å². The van der Waals surface area contributed by atoms with Crippen LogP contribution in [-0.2, 0) is 36.8 Å². The molecule has 2 N–H and O–H groups in total. The van der Waals surface area contributed by atoms with Crippen molar-refractivity contribution in [3.8, 4) is 5.75 Å². The summed E-state index contributed by atoms with van der Waals surface area (Å²) in [5.74, 6) is -8.13. The SMILES string of the molecule is CCc1cc(NC(=O)OCC(C)(C)C)c(O)c2c1CC1CC3CC(=O)C(C(C)=O)C(=O)C3C(=O)C1C2=O. The van der Waals surface area contributed by atoms with Gasteiger partial charge in [0.2, 0.25) is 0 Å². The minimum atomic E-state index is -1.46. The van der Waals surface area contributed by atoms with Crippen LogP contribution in [0.5, 0.6) is 5.75 Å². The van der Waals surface area contributed by atoms with Crippen molar-refractivity contribution in [2.24, 2.45) is 35.0 Å². The van der Waals surface area contributed by atoms with Crippen molar-refractivity contribution in [1.82, 2.24) is 0 Å². The van der Waals surface area contributed by atoms with Crippen molar-refractivity contribution in [2.75, 3.05) is 11.9 Å². The predicted octanol–water partition coefficient (Wildman–Crippen LogP) is 3.47. The lowest BCUT2D eigenvalue weighted by Crippen LogP contribution is -2.55. The second kappa shape index (κ2) is 9.50. The van der Waals surface area contributed by atoms with E-state index in [0.29, 0.717) is 24.8 Å². The van der Waals surface area contributed by atoms with E-state index in [0.717, 1.165) is 12.5 Å². The molecule has 3 aliphatic rings. The summed E-state index contributed by atoms with van der Waals surface area (Å²) in [4.78, 5) is 77.2. The molecule has 9 nitrogen and oxygen atoms in total. The third kappa shape index (κ3) is 4.71. The predicted molar refractivity (Wildman–Crippen MR) is 132 cm³/mol. The third-order valence-electron chi connectivity index (χ3n) is 7.69. The van der Waals surface area contributed by atoms with E-state index in [-0.39, 0.29) is 29.7 Å². The average molecular weight is 512 g/mol. The van der Waals surface area contributed by atoms with Crippen LogP contribution in [0.25, 0.3) is 0 Å². The topological polar surface area (TPSA) is 144 Å². The lowest BCUT2D eigenvalue weighted by Gasteiger charge is -2.44. The molecule has 1 aromatic rings. The summed E-state index contributed by atoms with van der Waals surface area (Å²) in [5, 5.41) is 13.6. The van der Waals surface area contributed by atoms with E-state index in [4.69, 9.17) is 4.74 Å². The highest BCUT2D eigenvalue weighted by Gasteiger charge is 2.57. The van der Waals surface area contributed by atoms with Gasteiger partial charge >= 0.3 is 6.09 Å². The maximum Gasteiger partial charge on any atom is 0.411 e. The van der Waals surface area contributed by atoms with Crippen LogP contribution in [0.15, 0.2) is 6.07 Å². The molecule has 0 heterocycles. The van der Waals surface area contributed by atoms with Crippen LogP contribution in [0.4, 0.5) is 10.5 Å². The molecular formula is C28H33NO8. The molecule has 0 bridgehead atoms. The van der Waals surface area contributed by atoms with Crippen molar-refractivity contribution in [3.63, 3.8) is 0 Å². The lowest BCUT2D eigenvalue weighted by atomic mass is 9.55.